The van der Waals surface area contributed by atoms with Gasteiger partial charge in [0.25, 0.3) is 0 Å². The summed E-state index contributed by atoms with van der Waals surface area (Å²) in [5.74, 6) is 0. The molecule has 0 heterocycles. The minimum Gasteiger partial charge on any atom is -0.288 e. The third kappa shape index (κ3) is 2.29. The molecule has 72 valence electrons. The Hall–Kier alpha value is -0.870. The van der Waals surface area contributed by atoms with Gasteiger partial charge < -0.3 is 0 Å². The van der Waals surface area contributed by atoms with Crippen LogP contribution in [0.4, 0.5) is 5.69 Å². The van der Waals surface area contributed by atoms with E-state index in [1.165, 1.54) is 0 Å². The van der Waals surface area contributed by atoms with E-state index in [2.05, 4.69) is 0 Å². The molecular weight excluding hydrogens is 186 g/mol. The van der Waals surface area contributed by atoms with Crippen molar-refractivity contribution in [1.82, 2.24) is 0 Å². The number of hydrogen-bond acceptors (Lipinski definition) is 3. The highest BCUT2D eigenvalue weighted by molar-refractivity contribution is 7.84. The lowest BCUT2D eigenvalue weighted by molar-refractivity contribution is 0.258. The summed E-state index contributed by atoms with van der Waals surface area (Å²) in [4.78, 5) is 0.659. The number of rotatable bonds is 3. The van der Waals surface area contributed by atoms with E-state index in [-0.39, 0.29) is 0 Å². The van der Waals surface area contributed by atoms with Gasteiger partial charge in [-0.2, -0.15) is 0 Å². The lowest BCUT2D eigenvalue weighted by Crippen LogP contribution is -2.18. The number of hydrogen-bond donors (Lipinski definition) is 1. The van der Waals surface area contributed by atoms with Gasteiger partial charge >= 0.3 is 0 Å². The summed E-state index contributed by atoms with van der Waals surface area (Å²) >= 11 is 0. The van der Waals surface area contributed by atoms with Crippen LogP contribution in [0.5, 0.6) is 0 Å². The van der Waals surface area contributed by atoms with Gasteiger partial charge in [-0.25, -0.2) is 0 Å². The second-order valence-electron chi connectivity index (χ2n) is 2.64. The van der Waals surface area contributed by atoms with Crippen molar-refractivity contribution in [1.29, 1.82) is 0 Å². The summed E-state index contributed by atoms with van der Waals surface area (Å²) in [6.45, 7) is 2.31. The van der Waals surface area contributed by atoms with Gasteiger partial charge in [0, 0.05) is 12.8 Å². The topological polar surface area (TPSA) is 40.5 Å². The maximum Gasteiger partial charge on any atom is 0.0795 e. The quantitative estimate of drug-likeness (QED) is 0.752. The van der Waals surface area contributed by atoms with E-state index < -0.39 is 10.8 Å². The van der Waals surface area contributed by atoms with Crippen LogP contribution in [-0.4, -0.2) is 22.2 Å². The van der Waals surface area contributed by atoms with Crippen molar-refractivity contribution in [2.45, 2.75) is 11.8 Å². The average Bonchev–Trinajstić information content (AvgIpc) is 2.16. The third-order valence-electron chi connectivity index (χ3n) is 1.75. The fourth-order valence-corrected chi connectivity index (χ4v) is 1.82. The molecular formula is C9H13NO2S. The molecule has 0 saturated heterocycles. The van der Waals surface area contributed by atoms with Gasteiger partial charge in [0.1, 0.15) is 0 Å². The molecule has 1 aromatic carbocycles. The fraction of sp³-hybridized carbons (Fsp3) is 0.333. The highest BCUT2D eigenvalue weighted by atomic mass is 32.2. The lowest BCUT2D eigenvalue weighted by Gasteiger charge is -2.16. The van der Waals surface area contributed by atoms with Gasteiger partial charge in [0.05, 0.1) is 21.4 Å². The Morgan fingerprint density at radius 2 is 2.08 bits per heavy atom. The predicted molar refractivity (Wildman–Crippen MR) is 53.6 cm³/mol. The molecule has 0 amide bonds. The molecule has 0 aliphatic carbocycles. The Morgan fingerprint density at radius 3 is 2.62 bits per heavy atom. The molecule has 0 aromatic heterocycles. The molecule has 0 spiro atoms. The maximum absolute atomic E-state index is 11.3. The molecule has 3 nitrogen and oxygen atoms in total. The molecule has 1 rings (SSSR count). The Balaban J connectivity index is 3.11. The van der Waals surface area contributed by atoms with E-state index in [1.807, 2.05) is 19.1 Å². The van der Waals surface area contributed by atoms with Gasteiger partial charge in [-0.3, -0.25) is 14.5 Å². The van der Waals surface area contributed by atoms with Crippen LogP contribution in [0, 0.1) is 0 Å². The molecule has 4 heteroatoms. The van der Waals surface area contributed by atoms with Crippen molar-refractivity contribution in [2.24, 2.45) is 0 Å². The minimum absolute atomic E-state index is 0.480. The molecule has 0 fully saturated rings. The summed E-state index contributed by atoms with van der Waals surface area (Å²) in [6.07, 6.45) is 1.60. The molecule has 1 aromatic rings. The predicted octanol–water partition coefficient (Wildman–Crippen LogP) is 1.64. The highest BCUT2D eigenvalue weighted by Crippen LogP contribution is 2.21. The first kappa shape index (κ1) is 10.2. The van der Waals surface area contributed by atoms with Crippen LogP contribution in [0.15, 0.2) is 29.2 Å². The summed E-state index contributed by atoms with van der Waals surface area (Å²) < 4.78 is 11.3. The largest absolute Gasteiger partial charge is 0.288 e. The van der Waals surface area contributed by atoms with Crippen molar-refractivity contribution < 1.29 is 9.42 Å². The molecule has 0 radical (unpaired) electrons. The summed E-state index contributed by atoms with van der Waals surface area (Å²) in [5.41, 5.74) is 0.617. The maximum atomic E-state index is 11.3. The first-order valence-corrected chi connectivity index (χ1v) is 5.61. The molecule has 0 saturated carbocycles. The van der Waals surface area contributed by atoms with E-state index >= 15 is 0 Å². The molecule has 1 N–H and O–H groups in total. The number of para-hydroxylation sites is 1. The van der Waals surface area contributed by atoms with E-state index in [1.54, 1.807) is 18.4 Å². The standard InChI is InChI=1S/C9H13NO2S/c1-3-10(11)8-6-4-5-7-9(8)13(2)12/h4-7,11H,3H2,1-2H3. The third-order valence-corrected chi connectivity index (χ3v) is 2.72. The van der Waals surface area contributed by atoms with E-state index in [0.717, 1.165) is 5.06 Å². The zero-order valence-electron chi connectivity index (χ0n) is 7.73. The zero-order chi connectivity index (χ0) is 9.84. The van der Waals surface area contributed by atoms with Crippen LogP contribution in [0.3, 0.4) is 0 Å². The molecule has 13 heavy (non-hydrogen) atoms. The van der Waals surface area contributed by atoms with Crippen LogP contribution >= 0.6 is 0 Å². The van der Waals surface area contributed by atoms with Crippen molar-refractivity contribution >= 4 is 16.5 Å². The number of nitrogens with zero attached hydrogens (tertiary/aromatic N) is 1. The van der Waals surface area contributed by atoms with Gasteiger partial charge in [-0.05, 0) is 19.1 Å². The second kappa shape index (κ2) is 4.39. The van der Waals surface area contributed by atoms with E-state index in [0.29, 0.717) is 17.1 Å². The normalized spacial score (nSPS) is 12.5. The number of anilines is 1. The highest BCUT2D eigenvalue weighted by Gasteiger charge is 2.08. The summed E-state index contributed by atoms with van der Waals surface area (Å²) in [5, 5.41) is 10.6. The van der Waals surface area contributed by atoms with Gasteiger partial charge in [-0.1, -0.05) is 12.1 Å². The molecule has 0 aliphatic rings. The van der Waals surface area contributed by atoms with E-state index in [9.17, 15) is 9.42 Å². The average molecular weight is 199 g/mol. The van der Waals surface area contributed by atoms with Crippen LogP contribution in [0.2, 0.25) is 0 Å². The first-order valence-electron chi connectivity index (χ1n) is 4.05. The second-order valence-corrected chi connectivity index (χ2v) is 3.99. The van der Waals surface area contributed by atoms with Crippen molar-refractivity contribution in [2.75, 3.05) is 17.9 Å². The van der Waals surface area contributed by atoms with Crippen molar-refractivity contribution in [3.05, 3.63) is 24.3 Å². The molecule has 1 atom stereocenters. The fourth-order valence-electron chi connectivity index (χ4n) is 1.08. The number of hydroxylamine groups is 1. The Morgan fingerprint density at radius 1 is 1.46 bits per heavy atom. The van der Waals surface area contributed by atoms with Gasteiger partial charge in [-0.15, -0.1) is 0 Å². The minimum atomic E-state index is -1.06. The number of benzene rings is 1. The molecule has 0 aliphatic heterocycles. The van der Waals surface area contributed by atoms with Gasteiger partial charge in [0.15, 0.2) is 0 Å². The van der Waals surface area contributed by atoms with Crippen LogP contribution in [0.1, 0.15) is 6.92 Å². The Kier molecular flexibility index (Phi) is 3.45. The Labute approximate surface area is 80.4 Å². The molecule has 1 unspecified atom stereocenters. The van der Waals surface area contributed by atoms with Crippen molar-refractivity contribution in [3.8, 4) is 0 Å². The monoisotopic (exact) mass is 199 g/mol. The van der Waals surface area contributed by atoms with Gasteiger partial charge in [0.2, 0.25) is 0 Å². The zero-order valence-corrected chi connectivity index (χ0v) is 8.54. The summed E-state index contributed by atoms with van der Waals surface area (Å²) in [6, 6.07) is 7.12. The van der Waals surface area contributed by atoms with Crippen LogP contribution in [-0.2, 0) is 10.8 Å². The SMILES string of the molecule is CCN(O)c1ccccc1S(C)=O. The summed E-state index contributed by atoms with van der Waals surface area (Å²) in [7, 11) is -1.06. The van der Waals surface area contributed by atoms with Crippen LogP contribution < -0.4 is 5.06 Å². The van der Waals surface area contributed by atoms with E-state index in [4.69, 9.17) is 0 Å². The molecule has 0 bridgehead atoms. The Bertz CT molecular complexity index is 314. The van der Waals surface area contributed by atoms with Crippen molar-refractivity contribution in [3.63, 3.8) is 0 Å². The van der Waals surface area contributed by atoms with Crippen LogP contribution in [0.25, 0.3) is 0 Å². The first-order chi connectivity index (χ1) is 6.16. The smallest absolute Gasteiger partial charge is 0.0795 e. The lowest BCUT2D eigenvalue weighted by atomic mass is 10.3.